The van der Waals surface area contributed by atoms with Gasteiger partial charge in [0.05, 0.1) is 13.1 Å². The first-order valence-electron chi connectivity index (χ1n) is 6.94. The van der Waals surface area contributed by atoms with Crippen molar-refractivity contribution in [1.29, 1.82) is 0 Å². The van der Waals surface area contributed by atoms with E-state index >= 15 is 0 Å². The first-order chi connectivity index (χ1) is 8.76. The van der Waals surface area contributed by atoms with Crippen molar-refractivity contribution in [2.45, 2.75) is 26.7 Å². The van der Waals surface area contributed by atoms with Crippen molar-refractivity contribution in [1.82, 2.24) is 15.5 Å². The van der Waals surface area contributed by atoms with Crippen LogP contribution in [0, 0.1) is 18.3 Å². The Bertz CT molecular complexity index is 285. The van der Waals surface area contributed by atoms with Gasteiger partial charge in [0.15, 0.2) is 5.96 Å². The van der Waals surface area contributed by atoms with E-state index in [4.69, 9.17) is 6.42 Å². The number of aliphatic imine (C=N–C) groups is 1. The number of nitrogens with one attached hydrogen (secondary N) is 2. The lowest BCUT2D eigenvalue weighted by atomic mass is 9.99. The summed E-state index contributed by atoms with van der Waals surface area (Å²) in [6.07, 6.45) is 7.87. The minimum absolute atomic E-state index is 0.521. The molecule has 0 amide bonds. The van der Waals surface area contributed by atoms with E-state index in [-0.39, 0.29) is 0 Å². The monoisotopic (exact) mass is 250 g/mol. The molecule has 0 aromatic rings. The number of hydrogen-bond acceptors (Lipinski definition) is 2. The zero-order chi connectivity index (χ0) is 13.2. The summed E-state index contributed by atoms with van der Waals surface area (Å²) in [7, 11) is 0. The van der Waals surface area contributed by atoms with Crippen LogP contribution < -0.4 is 10.6 Å². The highest BCUT2D eigenvalue weighted by molar-refractivity contribution is 5.79. The maximum Gasteiger partial charge on any atom is 0.192 e. The van der Waals surface area contributed by atoms with E-state index in [1.54, 1.807) is 0 Å². The molecular weight excluding hydrogens is 224 g/mol. The Morgan fingerprint density at radius 2 is 2.11 bits per heavy atom. The van der Waals surface area contributed by atoms with Crippen molar-refractivity contribution in [3.05, 3.63) is 0 Å². The topological polar surface area (TPSA) is 39.7 Å². The average molecular weight is 250 g/mol. The number of terminal acetylenes is 1. The number of hydrogen-bond donors (Lipinski definition) is 2. The summed E-state index contributed by atoms with van der Waals surface area (Å²) in [5, 5.41) is 6.29. The molecule has 0 aliphatic carbocycles. The second-order valence-corrected chi connectivity index (χ2v) is 4.84. The average Bonchev–Trinajstić information content (AvgIpc) is 2.38. The van der Waals surface area contributed by atoms with Crippen LogP contribution in [-0.2, 0) is 0 Å². The number of guanidine groups is 1. The van der Waals surface area contributed by atoms with Gasteiger partial charge in [-0.3, -0.25) is 4.99 Å². The lowest BCUT2D eigenvalue weighted by Gasteiger charge is -2.29. The Balaban J connectivity index is 2.25. The normalized spacial score (nSPS) is 18.4. The molecule has 1 aliphatic rings. The first-order valence-corrected chi connectivity index (χ1v) is 6.94. The van der Waals surface area contributed by atoms with Crippen LogP contribution in [0.25, 0.3) is 0 Å². The predicted molar refractivity (Wildman–Crippen MR) is 77.7 cm³/mol. The third kappa shape index (κ3) is 5.92. The summed E-state index contributed by atoms with van der Waals surface area (Å²) in [5.41, 5.74) is 0. The Morgan fingerprint density at radius 3 is 2.72 bits per heavy atom. The second-order valence-electron chi connectivity index (χ2n) is 4.84. The van der Waals surface area contributed by atoms with E-state index in [0.29, 0.717) is 6.54 Å². The van der Waals surface area contributed by atoms with Crippen molar-refractivity contribution < 1.29 is 0 Å². The molecule has 1 fully saturated rings. The Hall–Kier alpha value is -1.21. The molecule has 0 aromatic carbocycles. The molecule has 1 heterocycles. The molecule has 0 bridgehead atoms. The summed E-state index contributed by atoms with van der Waals surface area (Å²) >= 11 is 0. The van der Waals surface area contributed by atoms with E-state index in [9.17, 15) is 0 Å². The molecule has 1 saturated heterocycles. The second kappa shape index (κ2) is 8.82. The van der Waals surface area contributed by atoms with E-state index in [1.165, 1.54) is 25.9 Å². The molecule has 0 atom stereocenters. The van der Waals surface area contributed by atoms with Crippen molar-refractivity contribution in [2.75, 3.05) is 39.3 Å². The molecule has 0 unspecified atom stereocenters. The van der Waals surface area contributed by atoms with E-state index in [2.05, 4.69) is 40.3 Å². The number of piperidine rings is 1. The number of rotatable bonds is 5. The van der Waals surface area contributed by atoms with Gasteiger partial charge in [-0.2, -0.15) is 0 Å². The molecule has 4 nitrogen and oxygen atoms in total. The van der Waals surface area contributed by atoms with Gasteiger partial charge < -0.3 is 15.5 Å². The summed E-state index contributed by atoms with van der Waals surface area (Å²) in [5.74, 6) is 4.27. The maximum atomic E-state index is 5.23. The molecule has 2 N–H and O–H groups in total. The molecule has 0 aromatic heterocycles. The van der Waals surface area contributed by atoms with Gasteiger partial charge in [-0.05, 0) is 38.8 Å². The Kier molecular flexibility index (Phi) is 7.28. The summed E-state index contributed by atoms with van der Waals surface area (Å²) < 4.78 is 0. The molecule has 0 spiro atoms. The van der Waals surface area contributed by atoms with Gasteiger partial charge in [-0.15, -0.1) is 6.42 Å². The first kappa shape index (κ1) is 14.8. The van der Waals surface area contributed by atoms with Crippen molar-refractivity contribution in [3.8, 4) is 12.3 Å². The van der Waals surface area contributed by atoms with Crippen LogP contribution in [0.2, 0.25) is 0 Å². The van der Waals surface area contributed by atoms with E-state index < -0.39 is 0 Å². The van der Waals surface area contributed by atoms with Crippen LogP contribution in [0.15, 0.2) is 4.99 Å². The van der Waals surface area contributed by atoms with Gasteiger partial charge in [-0.25, -0.2) is 0 Å². The molecule has 18 heavy (non-hydrogen) atoms. The molecule has 102 valence electrons. The van der Waals surface area contributed by atoms with E-state index in [0.717, 1.165) is 31.5 Å². The summed E-state index contributed by atoms with van der Waals surface area (Å²) in [6, 6.07) is 0. The number of nitrogens with zero attached hydrogens (tertiary/aromatic N) is 2. The Labute approximate surface area is 111 Å². The van der Waals surface area contributed by atoms with Gasteiger partial charge in [0.2, 0.25) is 0 Å². The highest BCUT2D eigenvalue weighted by Gasteiger charge is 2.14. The van der Waals surface area contributed by atoms with Crippen molar-refractivity contribution >= 4 is 5.96 Å². The quantitative estimate of drug-likeness (QED) is 0.433. The standard InChI is InChI=1S/C14H26N4/c1-4-8-16-14(15-5-2)17-9-12-18-10-6-13(3)7-11-18/h1,13H,5-12H2,2-3H3,(H2,15,16,17). The molecule has 0 saturated carbocycles. The van der Waals surface area contributed by atoms with Crippen LogP contribution in [0.5, 0.6) is 0 Å². The molecule has 0 radical (unpaired) electrons. The van der Waals surface area contributed by atoms with Crippen molar-refractivity contribution in [2.24, 2.45) is 10.9 Å². The van der Waals surface area contributed by atoms with Crippen LogP contribution in [0.1, 0.15) is 26.7 Å². The maximum absolute atomic E-state index is 5.23. The summed E-state index contributed by atoms with van der Waals surface area (Å²) in [4.78, 5) is 7.02. The third-order valence-corrected chi connectivity index (χ3v) is 3.26. The van der Waals surface area contributed by atoms with Crippen molar-refractivity contribution in [3.63, 3.8) is 0 Å². The molecule has 4 heteroatoms. The SMILES string of the molecule is C#CCNC(=NCCN1CCC(C)CC1)NCC. The zero-order valence-corrected chi connectivity index (χ0v) is 11.7. The van der Waals surface area contributed by atoms with Crippen LogP contribution in [0.4, 0.5) is 0 Å². The number of likely N-dealkylation sites (tertiary alicyclic amines) is 1. The van der Waals surface area contributed by atoms with Crippen LogP contribution >= 0.6 is 0 Å². The zero-order valence-electron chi connectivity index (χ0n) is 11.7. The van der Waals surface area contributed by atoms with Gasteiger partial charge >= 0.3 is 0 Å². The van der Waals surface area contributed by atoms with Gasteiger partial charge in [0.25, 0.3) is 0 Å². The minimum atomic E-state index is 0.521. The fourth-order valence-corrected chi connectivity index (χ4v) is 2.07. The predicted octanol–water partition coefficient (Wildman–Crippen LogP) is 0.907. The van der Waals surface area contributed by atoms with E-state index in [1.807, 2.05) is 0 Å². The highest BCUT2D eigenvalue weighted by Crippen LogP contribution is 2.15. The van der Waals surface area contributed by atoms with Gasteiger partial charge in [0, 0.05) is 13.1 Å². The lowest BCUT2D eigenvalue weighted by molar-refractivity contribution is 0.197. The highest BCUT2D eigenvalue weighted by atomic mass is 15.2. The minimum Gasteiger partial charge on any atom is -0.357 e. The summed E-state index contributed by atoms with van der Waals surface area (Å²) in [6.45, 7) is 10.1. The van der Waals surface area contributed by atoms with Gasteiger partial charge in [0.1, 0.15) is 0 Å². The molecular formula is C14H26N4. The van der Waals surface area contributed by atoms with Gasteiger partial charge in [-0.1, -0.05) is 12.8 Å². The smallest absolute Gasteiger partial charge is 0.192 e. The Morgan fingerprint density at radius 1 is 1.39 bits per heavy atom. The molecule has 1 rings (SSSR count). The fraction of sp³-hybridized carbons (Fsp3) is 0.786. The molecule has 1 aliphatic heterocycles. The third-order valence-electron chi connectivity index (χ3n) is 3.26. The van der Waals surface area contributed by atoms with Crippen LogP contribution in [0.3, 0.4) is 0 Å². The largest absolute Gasteiger partial charge is 0.357 e. The lowest BCUT2D eigenvalue weighted by Crippen LogP contribution is -2.39. The van der Waals surface area contributed by atoms with Crippen LogP contribution in [-0.4, -0.2) is 50.1 Å². The fourth-order valence-electron chi connectivity index (χ4n) is 2.07.